The summed E-state index contributed by atoms with van der Waals surface area (Å²) in [4.78, 5) is 28.0. The topological polar surface area (TPSA) is 88.1 Å². The van der Waals surface area contributed by atoms with Crippen molar-refractivity contribution in [3.05, 3.63) is 23.8 Å². The minimum absolute atomic E-state index is 0.000187. The summed E-state index contributed by atoms with van der Waals surface area (Å²) in [6, 6.07) is 5.08. The van der Waals surface area contributed by atoms with E-state index in [1.807, 2.05) is 6.92 Å². The second-order valence-corrected chi connectivity index (χ2v) is 13.2. The zero-order valence-corrected chi connectivity index (χ0v) is 19.5. The number of amides is 2. The van der Waals surface area contributed by atoms with Gasteiger partial charge in [0, 0.05) is 29.3 Å². The number of carbonyl (C=O) groups excluding carboxylic acids is 2. The molecule has 3 heterocycles. The van der Waals surface area contributed by atoms with E-state index >= 15 is 4.11 Å². The maximum atomic E-state index is 15.6. The van der Waals surface area contributed by atoms with E-state index in [0.717, 1.165) is 12.8 Å². The van der Waals surface area contributed by atoms with Crippen molar-refractivity contribution in [2.24, 2.45) is 5.92 Å². The highest BCUT2D eigenvalue weighted by molar-refractivity contribution is 6.72. The molecule has 9 heteroatoms. The van der Waals surface area contributed by atoms with Crippen LogP contribution in [0, 0.1) is 5.92 Å². The highest BCUT2D eigenvalue weighted by Crippen LogP contribution is 2.59. The van der Waals surface area contributed by atoms with E-state index < -0.39 is 31.6 Å². The molecule has 170 valence electrons. The number of hydrogen-bond donors (Lipinski definition) is 2. The van der Waals surface area contributed by atoms with Crippen LogP contribution < -0.4 is 10.1 Å². The van der Waals surface area contributed by atoms with Crippen LogP contribution in [0.2, 0.25) is 18.6 Å². The Morgan fingerprint density at radius 2 is 2.19 bits per heavy atom. The number of aliphatic hydroxyl groups excluding tert-OH is 1. The zero-order chi connectivity index (χ0) is 22.6. The van der Waals surface area contributed by atoms with E-state index in [0.29, 0.717) is 23.5 Å². The van der Waals surface area contributed by atoms with Crippen LogP contribution in [0.25, 0.3) is 0 Å². The third-order valence-electron chi connectivity index (χ3n) is 7.21. The molecule has 0 radical (unpaired) electrons. The molecule has 2 saturated heterocycles. The van der Waals surface area contributed by atoms with Gasteiger partial charge < -0.3 is 28.9 Å². The molecule has 2 fully saturated rings. The molecule has 0 unspecified atom stereocenters. The molecule has 3 aliphatic heterocycles. The Bertz CT molecular complexity index is 891. The van der Waals surface area contributed by atoms with E-state index in [1.165, 1.54) is 0 Å². The smallest absolute Gasteiger partial charge is 0.261 e. The fourth-order valence-electron chi connectivity index (χ4n) is 5.82. The molecule has 1 aromatic rings. The maximum absolute atomic E-state index is 15.6. The molecule has 1 aromatic carbocycles. The Morgan fingerprint density at radius 1 is 1.45 bits per heavy atom. The van der Waals surface area contributed by atoms with Crippen molar-refractivity contribution in [2.45, 2.75) is 62.6 Å². The second kappa shape index (κ2) is 7.86. The lowest BCUT2D eigenvalue weighted by atomic mass is 9.82. The lowest BCUT2D eigenvalue weighted by molar-refractivity contribution is -0.148. The first kappa shape index (κ1) is 22.2. The van der Waals surface area contributed by atoms with Gasteiger partial charge in [-0.25, -0.2) is 0 Å². The minimum Gasteiger partial charge on any atom is -0.497 e. The summed E-state index contributed by atoms with van der Waals surface area (Å²) in [7, 11) is -1.76. The van der Waals surface area contributed by atoms with Crippen LogP contribution in [0.3, 0.4) is 0 Å². The number of hydrogen-bond acceptors (Lipinski definition) is 5. The lowest BCUT2D eigenvalue weighted by Gasteiger charge is -2.31. The number of rotatable bonds is 5. The summed E-state index contributed by atoms with van der Waals surface area (Å²) in [6.07, 6.45) is 0.888. The van der Waals surface area contributed by atoms with E-state index in [2.05, 4.69) is 5.32 Å². The summed E-state index contributed by atoms with van der Waals surface area (Å²) in [6.45, 7) is 5.57. The molecule has 3 aliphatic rings. The molecule has 2 N–H and O–H groups in total. The van der Waals surface area contributed by atoms with Crippen LogP contribution in [0.1, 0.15) is 31.7 Å². The van der Waals surface area contributed by atoms with E-state index in [4.69, 9.17) is 9.47 Å². The number of benzene rings is 1. The van der Waals surface area contributed by atoms with Crippen molar-refractivity contribution in [1.29, 1.82) is 0 Å². The monoisotopic (exact) mass is 450 g/mol. The third-order valence-corrected chi connectivity index (χ3v) is 9.66. The average molecular weight is 451 g/mol. The van der Waals surface area contributed by atoms with Gasteiger partial charge in [0.05, 0.1) is 32.3 Å². The molecule has 5 atom stereocenters. The lowest BCUT2D eigenvalue weighted by Crippen LogP contribution is -2.42. The first-order chi connectivity index (χ1) is 14.6. The van der Waals surface area contributed by atoms with Crippen molar-refractivity contribution in [3.63, 3.8) is 0 Å². The zero-order valence-electron chi connectivity index (χ0n) is 18.5. The summed E-state index contributed by atoms with van der Waals surface area (Å²) >= 11 is 0. The molecule has 31 heavy (non-hydrogen) atoms. The van der Waals surface area contributed by atoms with Crippen LogP contribution in [0.5, 0.6) is 5.75 Å². The van der Waals surface area contributed by atoms with E-state index in [-0.39, 0.29) is 30.9 Å². The van der Waals surface area contributed by atoms with Gasteiger partial charge in [-0.05, 0) is 44.1 Å². The minimum atomic E-state index is -3.30. The second-order valence-electron chi connectivity index (χ2n) is 9.41. The van der Waals surface area contributed by atoms with Gasteiger partial charge in [0.1, 0.15) is 5.75 Å². The number of halogens is 1. The number of nitrogens with zero attached hydrogens (tertiary/aromatic N) is 1. The summed E-state index contributed by atoms with van der Waals surface area (Å²) in [5, 5.41) is 12.5. The molecule has 7 nitrogen and oxygen atoms in total. The average Bonchev–Trinajstić information content (AvgIpc) is 3.37. The van der Waals surface area contributed by atoms with Gasteiger partial charge in [0.15, 0.2) is 5.60 Å². The first-order valence-corrected chi connectivity index (χ1v) is 13.9. The Labute approximate surface area is 183 Å². The largest absolute Gasteiger partial charge is 0.497 e. The fourth-order valence-corrected chi connectivity index (χ4v) is 8.31. The molecular weight excluding hydrogens is 419 g/mol. The Balaban J connectivity index is 1.70. The molecule has 1 spiro atoms. The van der Waals surface area contributed by atoms with Crippen molar-refractivity contribution in [2.75, 3.05) is 25.6 Å². The van der Waals surface area contributed by atoms with Crippen molar-refractivity contribution < 1.29 is 28.3 Å². The number of carbonyl (C=O) groups is 2. The van der Waals surface area contributed by atoms with Gasteiger partial charge in [-0.1, -0.05) is 6.92 Å². The van der Waals surface area contributed by atoms with Gasteiger partial charge >= 0.3 is 0 Å². The third kappa shape index (κ3) is 3.46. The highest BCUT2D eigenvalue weighted by Gasteiger charge is 2.65. The molecule has 0 aromatic heterocycles. The predicted molar refractivity (Wildman–Crippen MR) is 116 cm³/mol. The molecule has 0 saturated carbocycles. The van der Waals surface area contributed by atoms with Gasteiger partial charge in [0.25, 0.3) is 5.91 Å². The summed E-state index contributed by atoms with van der Waals surface area (Å²) in [5.41, 5.74) is -0.620. The predicted octanol–water partition coefficient (Wildman–Crippen LogP) is 2.80. The Hall–Kier alpha value is -1.97. The molecular formula is C22H31FN2O5Si. The van der Waals surface area contributed by atoms with Crippen LogP contribution in [-0.2, 0) is 19.9 Å². The molecule has 0 bridgehead atoms. The van der Waals surface area contributed by atoms with Crippen molar-refractivity contribution in [1.82, 2.24) is 4.90 Å². The van der Waals surface area contributed by atoms with Gasteiger partial charge in [-0.3, -0.25) is 9.59 Å². The van der Waals surface area contributed by atoms with Crippen LogP contribution in [0.15, 0.2) is 18.2 Å². The standard InChI is InChI=1S/C22H31FN2O5Si/c1-13-20(31(3,4)23)18(11-19(27)25-9-5-6-14(25)12-26)30-22(13)16-10-15(29-2)7-8-17(16)24-21(22)28/h7-8,10,13-14,18,20,26H,5-6,9,11-12H2,1-4H3,(H,24,28)/t13-,14+,18+,20-,22+/m1/s1. The van der Waals surface area contributed by atoms with Crippen molar-refractivity contribution in [3.8, 4) is 5.75 Å². The van der Waals surface area contributed by atoms with Gasteiger partial charge in [-0.15, -0.1) is 0 Å². The number of aliphatic hydroxyl groups is 1. The van der Waals surface area contributed by atoms with Crippen LogP contribution in [0.4, 0.5) is 9.80 Å². The normalized spacial score (nSPS) is 32.5. The summed E-state index contributed by atoms with van der Waals surface area (Å²) < 4.78 is 27.3. The maximum Gasteiger partial charge on any atom is 0.261 e. The number of methoxy groups -OCH3 is 1. The number of likely N-dealkylation sites (tertiary alicyclic amines) is 1. The summed E-state index contributed by atoms with van der Waals surface area (Å²) in [5.74, 6) is -0.340. The van der Waals surface area contributed by atoms with Crippen LogP contribution >= 0.6 is 0 Å². The van der Waals surface area contributed by atoms with Crippen molar-refractivity contribution >= 4 is 25.9 Å². The number of fused-ring (bicyclic) bond motifs is 2. The number of nitrogens with one attached hydrogen (secondary N) is 1. The van der Waals surface area contributed by atoms with Gasteiger partial charge in [0.2, 0.25) is 14.3 Å². The van der Waals surface area contributed by atoms with Crippen LogP contribution in [-0.4, -0.2) is 62.6 Å². The van der Waals surface area contributed by atoms with E-state index in [9.17, 15) is 14.7 Å². The molecule has 0 aliphatic carbocycles. The highest BCUT2D eigenvalue weighted by atomic mass is 28.4. The Morgan fingerprint density at radius 3 is 2.84 bits per heavy atom. The van der Waals surface area contributed by atoms with Gasteiger partial charge in [-0.2, -0.15) is 0 Å². The number of ether oxygens (including phenoxy) is 2. The fraction of sp³-hybridized carbons (Fsp3) is 0.636. The Kier molecular flexibility index (Phi) is 5.64. The molecule has 2 amide bonds. The SMILES string of the molecule is COc1ccc2c(c1)[C@]1(O[C@@H](CC(=O)N3CCC[C@H]3CO)[C@H]([Si](C)(C)F)[C@H]1C)C(=O)N2. The quantitative estimate of drug-likeness (QED) is 0.532. The number of anilines is 1. The van der Waals surface area contributed by atoms with E-state index in [1.54, 1.807) is 43.3 Å². The first-order valence-electron chi connectivity index (χ1n) is 10.9. The molecule has 4 rings (SSSR count).